The summed E-state index contributed by atoms with van der Waals surface area (Å²) in [4.78, 5) is 19.5. The smallest absolute Gasteiger partial charge is 0.418 e. The fourth-order valence-electron chi connectivity index (χ4n) is 5.53. The van der Waals surface area contributed by atoms with Crippen molar-refractivity contribution in [1.29, 1.82) is 0 Å². The molecule has 3 heterocycles. The molecule has 1 fully saturated rings. The molecule has 0 unspecified atom stereocenters. The average Bonchev–Trinajstić information content (AvgIpc) is 3.46. The maximum Gasteiger partial charge on any atom is 0.418 e. The first kappa shape index (κ1) is 29.1. The molecule has 7 nitrogen and oxygen atoms in total. The number of anilines is 1. The molecule has 42 heavy (non-hydrogen) atoms. The van der Waals surface area contributed by atoms with Crippen LogP contribution in [0.25, 0.3) is 5.69 Å². The first-order valence-electron chi connectivity index (χ1n) is 13.4. The SMILES string of the molecule is COc1ccccc1NC(=O)CCN1C(=S)N[C@H](c2ccccn2)[C@H]1c1cc(C)n(-c2ccccc2C(F)(F)F)c1C. The van der Waals surface area contributed by atoms with Gasteiger partial charge in [0.15, 0.2) is 5.11 Å². The van der Waals surface area contributed by atoms with Crippen LogP contribution < -0.4 is 15.4 Å². The van der Waals surface area contributed by atoms with Gasteiger partial charge in [-0.05, 0) is 74.1 Å². The first-order valence-corrected chi connectivity index (χ1v) is 13.8. The van der Waals surface area contributed by atoms with Crippen molar-refractivity contribution in [2.45, 2.75) is 38.5 Å². The Balaban J connectivity index is 1.51. The van der Waals surface area contributed by atoms with Crippen molar-refractivity contribution >= 4 is 28.9 Å². The Morgan fingerprint density at radius 2 is 1.79 bits per heavy atom. The molecule has 0 radical (unpaired) electrons. The van der Waals surface area contributed by atoms with Crippen molar-refractivity contribution in [3.63, 3.8) is 0 Å². The van der Waals surface area contributed by atoms with E-state index in [9.17, 15) is 18.0 Å². The van der Waals surface area contributed by atoms with Crippen LogP contribution in [0, 0.1) is 13.8 Å². The number of carbonyl (C=O) groups excluding carboxylic acids is 1. The minimum absolute atomic E-state index is 0.0527. The van der Waals surface area contributed by atoms with Gasteiger partial charge in [0.2, 0.25) is 5.91 Å². The lowest BCUT2D eigenvalue weighted by Gasteiger charge is -2.28. The van der Waals surface area contributed by atoms with E-state index >= 15 is 0 Å². The van der Waals surface area contributed by atoms with Crippen LogP contribution in [0.1, 0.15) is 46.7 Å². The Morgan fingerprint density at radius 1 is 1.07 bits per heavy atom. The fourth-order valence-corrected chi connectivity index (χ4v) is 5.87. The Kier molecular flexibility index (Phi) is 8.22. The van der Waals surface area contributed by atoms with E-state index in [1.54, 1.807) is 48.9 Å². The maximum absolute atomic E-state index is 14.0. The normalized spacial score (nSPS) is 16.8. The summed E-state index contributed by atoms with van der Waals surface area (Å²) in [5.74, 6) is 0.316. The molecule has 0 bridgehead atoms. The molecule has 1 amide bonds. The lowest BCUT2D eigenvalue weighted by molar-refractivity contribution is -0.137. The van der Waals surface area contributed by atoms with E-state index in [0.717, 1.165) is 17.3 Å². The van der Waals surface area contributed by atoms with Gasteiger partial charge in [-0.25, -0.2) is 0 Å². The number of ether oxygens (including phenoxy) is 1. The predicted molar refractivity (Wildman–Crippen MR) is 159 cm³/mol. The van der Waals surface area contributed by atoms with E-state index in [2.05, 4.69) is 15.6 Å². The van der Waals surface area contributed by atoms with E-state index in [1.165, 1.54) is 19.2 Å². The third kappa shape index (κ3) is 5.69. The van der Waals surface area contributed by atoms with Crippen molar-refractivity contribution < 1.29 is 22.7 Å². The van der Waals surface area contributed by atoms with Crippen LogP contribution in [0.15, 0.2) is 79.0 Å². The van der Waals surface area contributed by atoms with Crippen LogP contribution in [0.4, 0.5) is 18.9 Å². The number of para-hydroxylation sites is 3. The van der Waals surface area contributed by atoms with Crippen LogP contribution >= 0.6 is 12.2 Å². The predicted octanol–water partition coefficient (Wildman–Crippen LogP) is 6.52. The first-order chi connectivity index (χ1) is 20.1. The molecule has 0 saturated carbocycles. The molecular formula is C31H30F3N5O2S. The van der Waals surface area contributed by atoms with Gasteiger partial charge in [-0.15, -0.1) is 0 Å². The number of hydrogen-bond donors (Lipinski definition) is 2. The van der Waals surface area contributed by atoms with Crippen molar-refractivity contribution in [2.24, 2.45) is 0 Å². The lowest BCUT2D eigenvalue weighted by Crippen LogP contribution is -2.33. The van der Waals surface area contributed by atoms with Gasteiger partial charge < -0.3 is 24.8 Å². The summed E-state index contributed by atoms with van der Waals surface area (Å²) in [5, 5.41) is 6.66. The molecule has 2 aromatic heterocycles. The number of pyridine rings is 1. The summed E-state index contributed by atoms with van der Waals surface area (Å²) in [6, 6.07) is 19.3. The fraction of sp³-hybridized carbons (Fsp3) is 0.258. The van der Waals surface area contributed by atoms with Crippen molar-refractivity contribution in [1.82, 2.24) is 19.8 Å². The highest BCUT2D eigenvalue weighted by Gasteiger charge is 2.42. The lowest BCUT2D eigenvalue weighted by atomic mass is 9.96. The molecule has 2 aromatic carbocycles. The second-order valence-corrected chi connectivity index (χ2v) is 10.4. The standard InChI is InChI=1S/C31H30F3N5O2S/c1-19-18-21(20(2)39(19)25-13-6-4-10-22(25)31(32,33)34)29-28(24-12-8-9-16-35-24)37-30(42)38(29)17-15-27(40)36-23-11-5-7-14-26(23)41-3/h4-14,16,18,28-29H,15,17H2,1-3H3,(H,36,40)(H,37,42)/t28-,29-/m1/s1. The van der Waals surface area contributed by atoms with Gasteiger partial charge in [0.1, 0.15) is 5.75 Å². The third-order valence-corrected chi connectivity index (χ3v) is 7.75. The van der Waals surface area contributed by atoms with Gasteiger partial charge in [0.05, 0.1) is 41.8 Å². The number of aromatic nitrogens is 2. The van der Waals surface area contributed by atoms with Crippen molar-refractivity contribution in [3.8, 4) is 11.4 Å². The van der Waals surface area contributed by atoms with Crippen LogP contribution in [0.5, 0.6) is 5.75 Å². The molecule has 218 valence electrons. The number of thiocarbonyl (C=S) groups is 1. The topological polar surface area (TPSA) is 71.4 Å². The number of amides is 1. The largest absolute Gasteiger partial charge is 0.495 e. The van der Waals surface area contributed by atoms with Crippen LogP contribution in [-0.4, -0.2) is 39.1 Å². The highest BCUT2D eigenvalue weighted by molar-refractivity contribution is 7.80. The van der Waals surface area contributed by atoms with Gasteiger partial charge >= 0.3 is 6.18 Å². The summed E-state index contributed by atoms with van der Waals surface area (Å²) in [5.41, 5.74) is 2.70. The molecule has 1 aliphatic heterocycles. The highest BCUT2D eigenvalue weighted by Crippen LogP contribution is 2.43. The third-order valence-electron chi connectivity index (χ3n) is 7.40. The van der Waals surface area contributed by atoms with E-state index < -0.39 is 17.8 Å². The van der Waals surface area contributed by atoms with Crippen LogP contribution in [0.2, 0.25) is 0 Å². The molecule has 0 aliphatic carbocycles. The monoisotopic (exact) mass is 593 g/mol. The van der Waals surface area contributed by atoms with Crippen molar-refractivity contribution in [2.75, 3.05) is 19.0 Å². The summed E-state index contributed by atoms with van der Waals surface area (Å²) < 4.78 is 48.9. The molecule has 2 atom stereocenters. The Morgan fingerprint density at radius 3 is 2.50 bits per heavy atom. The van der Waals surface area contributed by atoms with Gasteiger partial charge in [0.25, 0.3) is 0 Å². The molecular weight excluding hydrogens is 563 g/mol. The summed E-state index contributed by atoms with van der Waals surface area (Å²) in [6.45, 7) is 3.85. The molecule has 1 saturated heterocycles. The maximum atomic E-state index is 14.0. The molecule has 4 aromatic rings. The Labute approximate surface area is 247 Å². The van der Waals surface area contributed by atoms with Gasteiger partial charge in [-0.1, -0.05) is 30.3 Å². The number of hydrogen-bond acceptors (Lipinski definition) is 4. The molecule has 11 heteroatoms. The summed E-state index contributed by atoms with van der Waals surface area (Å²) in [7, 11) is 1.53. The van der Waals surface area contributed by atoms with Gasteiger partial charge in [-0.3, -0.25) is 9.78 Å². The zero-order valence-corrected chi connectivity index (χ0v) is 24.1. The number of nitrogens with one attached hydrogen (secondary N) is 2. The number of nitrogens with zero attached hydrogens (tertiary/aromatic N) is 3. The van der Waals surface area contributed by atoms with E-state index in [4.69, 9.17) is 17.0 Å². The second kappa shape index (κ2) is 11.8. The zero-order chi connectivity index (χ0) is 30.0. The summed E-state index contributed by atoms with van der Waals surface area (Å²) in [6.07, 6.45) is -2.72. The van der Waals surface area contributed by atoms with Crippen LogP contribution in [-0.2, 0) is 11.0 Å². The number of carbonyl (C=O) groups is 1. The van der Waals surface area contributed by atoms with E-state index in [-0.39, 0.29) is 30.6 Å². The number of alkyl halides is 3. The molecule has 0 spiro atoms. The minimum Gasteiger partial charge on any atom is -0.495 e. The quantitative estimate of drug-likeness (QED) is 0.227. The van der Waals surface area contributed by atoms with Crippen LogP contribution in [0.3, 0.4) is 0 Å². The Hall–Kier alpha value is -4.38. The zero-order valence-electron chi connectivity index (χ0n) is 23.3. The minimum atomic E-state index is -4.52. The molecule has 5 rings (SSSR count). The number of methoxy groups -OCH3 is 1. The number of benzene rings is 2. The number of rotatable bonds is 8. The highest BCUT2D eigenvalue weighted by atomic mass is 32.1. The van der Waals surface area contributed by atoms with Gasteiger partial charge in [-0.2, -0.15) is 13.2 Å². The second-order valence-electron chi connectivity index (χ2n) is 10.00. The van der Waals surface area contributed by atoms with E-state index in [0.29, 0.717) is 27.9 Å². The summed E-state index contributed by atoms with van der Waals surface area (Å²) >= 11 is 5.74. The Bertz CT molecular complexity index is 1610. The molecule has 2 N–H and O–H groups in total. The van der Waals surface area contributed by atoms with Crippen molar-refractivity contribution in [3.05, 3.63) is 107 Å². The number of aryl methyl sites for hydroxylation is 1. The van der Waals surface area contributed by atoms with Gasteiger partial charge in [0, 0.05) is 30.6 Å². The number of halogens is 3. The average molecular weight is 594 g/mol. The molecule has 1 aliphatic rings. The van der Waals surface area contributed by atoms with E-state index in [1.807, 2.05) is 35.2 Å².